The van der Waals surface area contributed by atoms with Gasteiger partial charge in [-0.25, -0.2) is 0 Å². The molecule has 0 aromatic carbocycles. The second kappa shape index (κ2) is 5.98. The lowest BCUT2D eigenvalue weighted by Crippen LogP contribution is -2.11. The van der Waals surface area contributed by atoms with Gasteiger partial charge in [-0.05, 0) is 25.5 Å². The van der Waals surface area contributed by atoms with E-state index >= 15 is 0 Å². The number of nitrogens with two attached hydrogens (primary N) is 1. The lowest BCUT2D eigenvalue weighted by atomic mass is 10.3. The molecule has 0 saturated heterocycles. The van der Waals surface area contributed by atoms with E-state index in [-0.39, 0.29) is 6.04 Å². The monoisotopic (exact) mass is 263 g/mol. The summed E-state index contributed by atoms with van der Waals surface area (Å²) in [5.41, 5.74) is 6.32. The molecule has 0 aliphatic carbocycles. The average Bonchev–Trinajstić information content (AvgIpc) is 2.93. The Balaban J connectivity index is 2.08. The van der Waals surface area contributed by atoms with Gasteiger partial charge in [0.1, 0.15) is 5.82 Å². The van der Waals surface area contributed by atoms with E-state index < -0.39 is 0 Å². The summed E-state index contributed by atoms with van der Waals surface area (Å²) in [6.07, 6.45) is 0.901. The van der Waals surface area contributed by atoms with Crippen LogP contribution in [0.3, 0.4) is 0 Å². The predicted molar refractivity (Wildman–Crippen MR) is 70.7 cm³/mol. The molecule has 1 atom stereocenters. The van der Waals surface area contributed by atoms with Gasteiger partial charge in [-0.2, -0.15) is 10.2 Å². The van der Waals surface area contributed by atoms with Crippen molar-refractivity contribution < 1.29 is 4.74 Å². The van der Waals surface area contributed by atoms with Gasteiger partial charge < -0.3 is 15.8 Å². The fraction of sp³-hybridized carbons (Fsp3) is 0.455. The van der Waals surface area contributed by atoms with E-state index in [4.69, 9.17) is 10.5 Å². The van der Waals surface area contributed by atoms with Crippen LogP contribution in [0.2, 0.25) is 0 Å². The summed E-state index contributed by atoms with van der Waals surface area (Å²) >= 11 is 0. The van der Waals surface area contributed by atoms with E-state index in [0.717, 1.165) is 6.42 Å². The predicted octanol–water partition coefficient (Wildman–Crippen LogP) is 1.14. The number of hydrogen-bond acceptors (Lipinski definition) is 7. The standard InChI is InChI=1S/C11H17N7O/c1-3-6-19-11-8(12)4-5-9(14-11)13-7(2)10-15-17-18-16-10/h4-5,7H,3,6,12H2,1-2H3,(H,13,14)(H,15,16,17,18). The summed E-state index contributed by atoms with van der Waals surface area (Å²) in [4.78, 5) is 4.32. The van der Waals surface area contributed by atoms with Crippen LogP contribution < -0.4 is 15.8 Å². The van der Waals surface area contributed by atoms with Gasteiger partial charge in [0.15, 0.2) is 5.82 Å². The molecule has 19 heavy (non-hydrogen) atoms. The van der Waals surface area contributed by atoms with Crippen LogP contribution in [-0.2, 0) is 0 Å². The molecule has 4 N–H and O–H groups in total. The molecular formula is C11H17N7O. The molecule has 1 unspecified atom stereocenters. The number of nitrogens with zero attached hydrogens (tertiary/aromatic N) is 4. The van der Waals surface area contributed by atoms with E-state index in [9.17, 15) is 0 Å². The number of aromatic nitrogens is 5. The molecule has 8 nitrogen and oxygen atoms in total. The fourth-order valence-corrected chi connectivity index (χ4v) is 1.49. The molecule has 0 fully saturated rings. The topological polar surface area (TPSA) is 115 Å². The van der Waals surface area contributed by atoms with Crippen molar-refractivity contribution >= 4 is 11.5 Å². The Labute approximate surface area is 110 Å². The zero-order chi connectivity index (χ0) is 13.7. The molecule has 0 aliphatic heterocycles. The number of nitrogens with one attached hydrogen (secondary N) is 2. The molecule has 102 valence electrons. The Morgan fingerprint density at radius 1 is 1.47 bits per heavy atom. The zero-order valence-electron chi connectivity index (χ0n) is 10.9. The van der Waals surface area contributed by atoms with Crippen LogP contribution in [0.4, 0.5) is 11.5 Å². The van der Waals surface area contributed by atoms with Crippen molar-refractivity contribution in [1.29, 1.82) is 0 Å². The number of hydrogen-bond donors (Lipinski definition) is 3. The first-order chi connectivity index (χ1) is 9.20. The molecule has 2 heterocycles. The van der Waals surface area contributed by atoms with E-state index in [0.29, 0.717) is 29.8 Å². The quantitative estimate of drug-likeness (QED) is 0.715. The first-order valence-electron chi connectivity index (χ1n) is 6.10. The number of pyridine rings is 1. The summed E-state index contributed by atoms with van der Waals surface area (Å²) in [5.74, 6) is 1.65. The van der Waals surface area contributed by atoms with Crippen LogP contribution in [0.25, 0.3) is 0 Å². The highest BCUT2D eigenvalue weighted by Gasteiger charge is 2.12. The minimum Gasteiger partial charge on any atom is -0.476 e. The summed E-state index contributed by atoms with van der Waals surface area (Å²) < 4.78 is 5.47. The Kier molecular flexibility index (Phi) is 4.11. The average molecular weight is 263 g/mol. The molecule has 8 heteroatoms. The molecule has 0 radical (unpaired) electrons. The largest absolute Gasteiger partial charge is 0.476 e. The smallest absolute Gasteiger partial charge is 0.239 e. The molecule has 2 aromatic heterocycles. The molecule has 0 spiro atoms. The first kappa shape index (κ1) is 13.1. The molecule has 0 saturated carbocycles. The van der Waals surface area contributed by atoms with Gasteiger partial charge >= 0.3 is 0 Å². The Bertz CT molecular complexity index is 514. The van der Waals surface area contributed by atoms with E-state index in [1.54, 1.807) is 12.1 Å². The lowest BCUT2D eigenvalue weighted by molar-refractivity contribution is 0.307. The van der Waals surface area contributed by atoms with Gasteiger partial charge in [-0.1, -0.05) is 12.1 Å². The summed E-state index contributed by atoms with van der Waals surface area (Å²) in [7, 11) is 0. The molecule has 2 rings (SSSR count). The highest BCUT2D eigenvalue weighted by molar-refractivity contribution is 5.53. The van der Waals surface area contributed by atoms with Crippen LogP contribution in [-0.4, -0.2) is 32.2 Å². The number of nitrogen functional groups attached to an aromatic ring is 1. The van der Waals surface area contributed by atoms with Crippen molar-refractivity contribution in [3.8, 4) is 5.88 Å². The SMILES string of the molecule is CCCOc1nc(NC(C)c2nn[nH]n2)ccc1N. The van der Waals surface area contributed by atoms with Crippen LogP contribution in [0, 0.1) is 0 Å². The van der Waals surface area contributed by atoms with Crippen molar-refractivity contribution in [3.05, 3.63) is 18.0 Å². The second-order valence-corrected chi connectivity index (χ2v) is 4.08. The number of aromatic amines is 1. The third kappa shape index (κ3) is 3.30. The fourth-order valence-electron chi connectivity index (χ4n) is 1.49. The van der Waals surface area contributed by atoms with Crippen LogP contribution in [0.15, 0.2) is 12.1 Å². The van der Waals surface area contributed by atoms with Gasteiger partial charge in [-0.15, -0.1) is 10.2 Å². The maximum absolute atomic E-state index is 5.80. The number of H-pyrrole nitrogens is 1. The number of anilines is 2. The third-order valence-electron chi connectivity index (χ3n) is 2.45. The molecular weight excluding hydrogens is 246 g/mol. The first-order valence-corrected chi connectivity index (χ1v) is 6.10. The van der Waals surface area contributed by atoms with E-state index in [1.807, 2.05) is 13.8 Å². The van der Waals surface area contributed by atoms with Gasteiger partial charge in [0, 0.05) is 0 Å². The third-order valence-corrected chi connectivity index (χ3v) is 2.45. The van der Waals surface area contributed by atoms with E-state index in [1.165, 1.54) is 0 Å². The number of tetrazole rings is 1. The lowest BCUT2D eigenvalue weighted by Gasteiger charge is -2.13. The molecule has 0 aliphatic rings. The highest BCUT2D eigenvalue weighted by Crippen LogP contribution is 2.23. The van der Waals surface area contributed by atoms with Gasteiger partial charge in [0.2, 0.25) is 5.88 Å². The molecule has 2 aromatic rings. The Hall–Kier alpha value is -2.38. The summed E-state index contributed by atoms with van der Waals surface area (Å²) in [6, 6.07) is 3.42. The molecule has 0 amide bonds. The van der Waals surface area contributed by atoms with Crippen LogP contribution in [0.1, 0.15) is 32.1 Å². The minimum absolute atomic E-state index is 0.117. The minimum atomic E-state index is -0.117. The number of ether oxygens (including phenoxy) is 1. The Morgan fingerprint density at radius 2 is 2.32 bits per heavy atom. The van der Waals surface area contributed by atoms with Crippen molar-refractivity contribution in [2.24, 2.45) is 0 Å². The molecule has 0 bridgehead atoms. The van der Waals surface area contributed by atoms with E-state index in [2.05, 4.69) is 30.9 Å². The van der Waals surface area contributed by atoms with Gasteiger partial charge in [0.05, 0.1) is 18.3 Å². The van der Waals surface area contributed by atoms with Crippen molar-refractivity contribution in [1.82, 2.24) is 25.6 Å². The van der Waals surface area contributed by atoms with Crippen molar-refractivity contribution in [2.45, 2.75) is 26.3 Å². The second-order valence-electron chi connectivity index (χ2n) is 4.08. The van der Waals surface area contributed by atoms with Crippen molar-refractivity contribution in [3.63, 3.8) is 0 Å². The maximum atomic E-state index is 5.80. The zero-order valence-corrected chi connectivity index (χ0v) is 10.9. The van der Waals surface area contributed by atoms with Crippen LogP contribution >= 0.6 is 0 Å². The maximum Gasteiger partial charge on any atom is 0.239 e. The summed E-state index contributed by atoms with van der Waals surface area (Å²) in [5, 5.41) is 16.9. The Morgan fingerprint density at radius 3 is 3.00 bits per heavy atom. The van der Waals surface area contributed by atoms with Gasteiger partial charge in [0.25, 0.3) is 0 Å². The van der Waals surface area contributed by atoms with Crippen LogP contribution in [0.5, 0.6) is 5.88 Å². The summed E-state index contributed by atoms with van der Waals surface area (Å²) in [6.45, 7) is 4.52. The highest BCUT2D eigenvalue weighted by atomic mass is 16.5. The number of rotatable bonds is 6. The normalized spacial score (nSPS) is 12.1. The van der Waals surface area contributed by atoms with Gasteiger partial charge in [-0.3, -0.25) is 0 Å². The van der Waals surface area contributed by atoms with Crippen molar-refractivity contribution in [2.75, 3.05) is 17.7 Å².